The monoisotopic (exact) mass is 325 g/mol. The predicted molar refractivity (Wildman–Crippen MR) is 85.2 cm³/mol. The molecule has 0 bridgehead atoms. The number of hydrogen-bond donors (Lipinski definition) is 1. The molecule has 7 heteroatoms. The summed E-state index contributed by atoms with van der Waals surface area (Å²) in [5, 5.41) is 0. The van der Waals surface area contributed by atoms with Gasteiger partial charge in [0.1, 0.15) is 5.75 Å². The van der Waals surface area contributed by atoms with Gasteiger partial charge >= 0.3 is 0 Å². The van der Waals surface area contributed by atoms with Crippen LogP contribution in [0.1, 0.15) is 27.4 Å². The number of aromatic nitrogens is 2. The average molecular weight is 325 g/mol. The second-order valence-corrected chi connectivity index (χ2v) is 5.54. The number of ether oxygens (including phenoxy) is 1. The first-order chi connectivity index (χ1) is 11.6. The third-order valence-corrected chi connectivity index (χ3v) is 3.95. The summed E-state index contributed by atoms with van der Waals surface area (Å²) >= 11 is 0. The normalized spacial score (nSPS) is 13.3. The van der Waals surface area contributed by atoms with Gasteiger partial charge in [-0.05, 0) is 24.1 Å². The maximum atomic E-state index is 12.5. The number of nitrogens with zero attached hydrogens (tertiary/aromatic N) is 3. The maximum absolute atomic E-state index is 12.5. The highest BCUT2D eigenvalue weighted by molar-refractivity contribution is 5.88. The Morgan fingerprint density at radius 3 is 2.75 bits per heavy atom. The Morgan fingerprint density at radius 1 is 1.33 bits per heavy atom. The van der Waals surface area contributed by atoms with Gasteiger partial charge in [-0.3, -0.25) is 9.59 Å². The van der Waals surface area contributed by atoms with Crippen LogP contribution in [0.15, 0.2) is 24.3 Å². The highest BCUT2D eigenvalue weighted by atomic mass is 16.5. The number of rotatable bonds is 4. The Balaban J connectivity index is 1.70. The highest BCUT2D eigenvalue weighted by Crippen LogP contribution is 2.18. The highest BCUT2D eigenvalue weighted by Gasteiger charge is 2.23. The van der Waals surface area contributed by atoms with Crippen molar-refractivity contribution in [2.24, 2.45) is 5.73 Å². The second-order valence-electron chi connectivity index (χ2n) is 5.54. The van der Waals surface area contributed by atoms with Crippen LogP contribution in [0.4, 0.5) is 0 Å². The van der Waals surface area contributed by atoms with Crippen molar-refractivity contribution in [1.82, 2.24) is 14.9 Å². The first-order valence-corrected chi connectivity index (χ1v) is 7.55. The van der Waals surface area contributed by atoms with Gasteiger partial charge in [0.25, 0.3) is 5.91 Å². The van der Waals surface area contributed by atoms with Crippen LogP contribution in [0.5, 0.6) is 5.75 Å². The van der Waals surface area contributed by atoms with Gasteiger partial charge in [-0.25, -0.2) is 9.97 Å². The van der Waals surface area contributed by atoms with Crippen molar-refractivity contribution in [3.8, 4) is 5.75 Å². The molecule has 24 heavy (non-hydrogen) atoms. The van der Waals surface area contributed by atoms with Crippen LogP contribution >= 0.6 is 0 Å². The lowest BCUT2D eigenvalue weighted by molar-refractivity contribution is -0.131. The summed E-state index contributed by atoms with van der Waals surface area (Å²) < 4.78 is 5.11. The van der Waals surface area contributed by atoms with E-state index in [0.717, 1.165) is 16.9 Å². The molecular formula is C17H17N4O3. The molecule has 3 rings (SSSR count). The summed E-state index contributed by atoms with van der Waals surface area (Å²) in [6, 6.07) is 7.40. The third-order valence-electron chi connectivity index (χ3n) is 3.95. The molecule has 123 valence electrons. The van der Waals surface area contributed by atoms with Gasteiger partial charge in [0.05, 0.1) is 32.0 Å². The fourth-order valence-corrected chi connectivity index (χ4v) is 2.60. The molecule has 1 aromatic carbocycles. The molecule has 0 fully saturated rings. The van der Waals surface area contributed by atoms with E-state index in [2.05, 4.69) is 16.2 Å². The number of nitrogens with two attached hydrogens (primary N) is 1. The number of benzene rings is 1. The molecule has 0 aliphatic carbocycles. The predicted octanol–water partition coefficient (Wildman–Crippen LogP) is 0.512. The van der Waals surface area contributed by atoms with E-state index in [9.17, 15) is 9.59 Å². The fourth-order valence-electron chi connectivity index (χ4n) is 2.60. The molecule has 0 saturated carbocycles. The molecule has 1 aliphatic rings. The van der Waals surface area contributed by atoms with E-state index >= 15 is 0 Å². The molecule has 0 atom stereocenters. The first kappa shape index (κ1) is 15.9. The Labute approximate surface area is 139 Å². The van der Waals surface area contributed by atoms with Crippen molar-refractivity contribution in [2.45, 2.75) is 19.4 Å². The van der Waals surface area contributed by atoms with Crippen molar-refractivity contribution >= 4 is 11.8 Å². The van der Waals surface area contributed by atoms with E-state index in [1.165, 1.54) is 0 Å². The number of primary amides is 1. The minimum absolute atomic E-state index is 0.00468. The lowest BCUT2D eigenvalue weighted by atomic mass is 10.1. The fraction of sp³-hybridized carbons (Fsp3) is 0.294. The van der Waals surface area contributed by atoms with Gasteiger partial charge in [0, 0.05) is 12.1 Å². The molecule has 1 radical (unpaired) electrons. The van der Waals surface area contributed by atoms with E-state index in [4.69, 9.17) is 10.5 Å². The Bertz CT molecular complexity index is 774. The molecule has 1 aliphatic heterocycles. The number of carbonyl (C=O) groups is 2. The summed E-state index contributed by atoms with van der Waals surface area (Å²) in [6.07, 6.45) is 3.71. The SMILES string of the molecule is COc1ccc(CC(=O)N2CCc3[c]nc(C(N)=O)nc3C2)cc1. The molecule has 2 heterocycles. The summed E-state index contributed by atoms with van der Waals surface area (Å²) in [5.74, 6) is -0.0108. The minimum Gasteiger partial charge on any atom is -0.497 e. The second kappa shape index (κ2) is 6.66. The van der Waals surface area contributed by atoms with Gasteiger partial charge in [0.15, 0.2) is 0 Å². The van der Waals surface area contributed by atoms with E-state index < -0.39 is 5.91 Å². The van der Waals surface area contributed by atoms with E-state index in [1.54, 1.807) is 12.0 Å². The van der Waals surface area contributed by atoms with Crippen LogP contribution in [0.2, 0.25) is 0 Å². The van der Waals surface area contributed by atoms with Gasteiger partial charge in [-0.15, -0.1) is 0 Å². The van der Waals surface area contributed by atoms with Crippen molar-refractivity contribution in [3.05, 3.63) is 53.1 Å². The molecule has 2 N–H and O–H groups in total. The lowest BCUT2D eigenvalue weighted by Crippen LogP contribution is -2.38. The van der Waals surface area contributed by atoms with Crippen LogP contribution < -0.4 is 10.5 Å². The third kappa shape index (κ3) is 3.34. The maximum Gasteiger partial charge on any atom is 0.286 e. The van der Waals surface area contributed by atoms with E-state index in [-0.39, 0.29) is 11.7 Å². The van der Waals surface area contributed by atoms with Crippen LogP contribution in [0, 0.1) is 6.20 Å². The van der Waals surface area contributed by atoms with Gasteiger partial charge in [-0.2, -0.15) is 0 Å². The van der Waals surface area contributed by atoms with Gasteiger partial charge in [-0.1, -0.05) is 12.1 Å². The zero-order valence-electron chi connectivity index (χ0n) is 13.3. The first-order valence-electron chi connectivity index (χ1n) is 7.55. The van der Waals surface area contributed by atoms with Gasteiger partial charge in [0.2, 0.25) is 11.7 Å². The van der Waals surface area contributed by atoms with Crippen molar-refractivity contribution < 1.29 is 14.3 Å². The summed E-state index contributed by atoms with van der Waals surface area (Å²) in [6.45, 7) is 0.918. The lowest BCUT2D eigenvalue weighted by Gasteiger charge is -2.28. The summed E-state index contributed by atoms with van der Waals surface area (Å²) in [4.78, 5) is 33.4. The minimum atomic E-state index is -0.698. The molecule has 0 saturated heterocycles. The van der Waals surface area contributed by atoms with Gasteiger partial charge < -0.3 is 15.4 Å². The van der Waals surface area contributed by atoms with Crippen LogP contribution in [0.25, 0.3) is 0 Å². The largest absolute Gasteiger partial charge is 0.497 e. The molecular weight excluding hydrogens is 308 g/mol. The molecule has 2 aromatic rings. The smallest absolute Gasteiger partial charge is 0.286 e. The van der Waals surface area contributed by atoms with Crippen molar-refractivity contribution in [1.29, 1.82) is 0 Å². The summed E-state index contributed by atoms with van der Waals surface area (Å²) in [5.41, 5.74) is 7.57. The standard InChI is InChI=1S/C17H17N4O3/c1-24-13-4-2-11(3-5-13)8-15(22)21-7-6-12-9-19-17(16(18)23)20-14(12)10-21/h2-5H,6-8,10H2,1H3,(H2,18,23). The molecule has 0 spiro atoms. The molecule has 1 aromatic heterocycles. The van der Waals surface area contributed by atoms with Crippen LogP contribution in [-0.2, 0) is 24.2 Å². The van der Waals surface area contributed by atoms with Crippen molar-refractivity contribution in [3.63, 3.8) is 0 Å². The van der Waals surface area contributed by atoms with Crippen LogP contribution in [0.3, 0.4) is 0 Å². The zero-order chi connectivity index (χ0) is 17.1. The number of carbonyl (C=O) groups excluding carboxylic acids is 2. The topological polar surface area (TPSA) is 98.4 Å². The van der Waals surface area contributed by atoms with Crippen LogP contribution in [-0.4, -0.2) is 40.3 Å². The Kier molecular flexibility index (Phi) is 4.41. The molecule has 7 nitrogen and oxygen atoms in total. The van der Waals surface area contributed by atoms with Crippen molar-refractivity contribution in [2.75, 3.05) is 13.7 Å². The summed E-state index contributed by atoms with van der Waals surface area (Å²) in [7, 11) is 1.60. The average Bonchev–Trinajstić information content (AvgIpc) is 2.61. The number of fused-ring (bicyclic) bond motifs is 1. The van der Waals surface area contributed by atoms with E-state index in [1.807, 2.05) is 24.3 Å². The molecule has 0 unspecified atom stereocenters. The van der Waals surface area contributed by atoms with E-state index in [0.29, 0.717) is 31.6 Å². The number of hydrogen-bond acceptors (Lipinski definition) is 5. The Hall–Kier alpha value is -2.96. The number of amides is 2. The molecule has 2 amide bonds. The zero-order valence-corrected chi connectivity index (χ0v) is 13.3. The Morgan fingerprint density at radius 2 is 2.08 bits per heavy atom. The number of methoxy groups -OCH3 is 1. The quantitative estimate of drug-likeness (QED) is 0.883.